The fourth-order valence-corrected chi connectivity index (χ4v) is 3.54. The molecule has 0 radical (unpaired) electrons. The van der Waals surface area contributed by atoms with Gasteiger partial charge in [-0.3, -0.25) is 18.5 Å². The van der Waals surface area contributed by atoms with Crippen molar-refractivity contribution >= 4 is 23.3 Å². The highest BCUT2D eigenvalue weighted by Crippen LogP contribution is 2.18. The molecule has 9 nitrogen and oxygen atoms in total. The molecule has 2 aromatic heterocycles. The summed E-state index contributed by atoms with van der Waals surface area (Å²) in [6.07, 6.45) is 1.66. The maximum atomic E-state index is 13.0. The fourth-order valence-electron chi connectivity index (χ4n) is 3.54. The molecule has 4 aromatic rings. The quantitative estimate of drug-likeness (QED) is 0.348. The second kappa shape index (κ2) is 9.15. The number of anilines is 1. The molecule has 0 fully saturated rings. The summed E-state index contributed by atoms with van der Waals surface area (Å²) in [6.45, 7) is 4.95. The molecule has 0 aliphatic carbocycles. The predicted molar refractivity (Wildman–Crippen MR) is 129 cm³/mol. The Morgan fingerprint density at radius 1 is 1.03 bits per heavy atom. The minimum absolute atomic E-state index is 0.300. The van der Waals surface area contributed by atoms with E-state index in [0.717, 1.165) is 27.0 Å². The van der Waals surface area contributed by atoms with Crippen LogP contribution in [0.15, 0.2) is 63.2 Å². The highest BCUT2D eigenvalue weighted by Gasteiger charge is 2.19. The van der Waals surface area contributed by atoms with Gasteiger partial charge in [0, 0.05) is 14.1 Å². The second-order valence-electron chi connectivity index (χ2n) is 7.76. The molecule has 0 atom stereocenters. The molecular formula is C24H26N6O3. The lowest BCUT2D eigenvalue weighted by molar-refractivity contribution is 0.340. The Balaban J connectivity index is 1.73. The van der Waals surface area contributed by atoms with Crippen molar-refractivity contribution < 1.29 is 4.74 Å². The number of ether oxygens (including phenoxy) is 1. The van der Waals surface area contributed by atoms with E-state index in [1.165, 1.54) is 11.6 Å². The van der Waals surface area contributed by atoms with E-state index < -0.39 is 11.2 Å². The first kappa shape index (κ1) is 22.1. The number of fused-ring (bicyclic) bond motifs is 1. The van der Waals surface area contributed by atoms with Gasteiger partial charge in [0.05, 0.1) is 19.4 Å². The van der Waals surface area contributed by atoms with Crippen LogP contribution in [-0.4, -0.2) is 31.5 Å². The number of benzene rings is 2. The van der Waals surface area contributed by atoms with E-state index in [9.17, 15) is 9.59 Å². The first-order valence-electron chi connectivity index (χ1n) is 10.6. The summed E-state index contributed by atoms with van der Waals surface area (Å²) in [5.41, 5.74) is 5.75. The lowest BCUT2D eigenvalue weighted by Gasteiger charge is -2.09. The topological polar surface area (TPSA) is 95.4 Å². The molecule has 0 spiro atoms. The van der Waals surface area contributed by atoms with Crippen molar-refractivity contribution in [2.75, 3.05) is 12.0 Å². The zero-order valence-corrected chi connectivity index (χ0v) is 19.1. The zero-order valence-electron chi connectivity index (χ0n) is 19.1. The molecule has 2 heterocycles. The fraction of sp³-hybridized carbons (Fsp3) is 0.250. The van der Waals surface area contributed by atoms with Gasteiger partial charge in [0.15, 0.2) is 11.2 Å². The lowest BCUT2D eigenvalue weighted by Crippen LogP contribution is -2.37. The Bertz CT molecular complexity index is 1430. The molecule has 33 heavy (non-hydrogen) atoms. The Morgan fingerprint density at radius 2 is 1.73 bits per heavy atom. The lowest BCUT2D eigenvalue weighted by atomic mass is 10.1. The summed E-state index contributed by atoms with van der Waals surface area (Å²) in [4.78, 5) is 29.9. The number of aryl methyl sites for hydroxylation is 2. The number of hydrogen-bond acceptors (Lipinski definition) is 6. The molecule has 0 saturated carbocycles. The van der Waals surface area contributed by atoms with Crippen LogP contribution in [0.5, 0.6) is 5.75 Å². The number of rotatable bonds is 7. The molecule has 0 aliphatic heterocycles. The third-order valence-corrected chi connectivity index (χ3v) is 5.38. The van der Waals surface area contributed by atoms with Crippen molar-refractivity contribution in [3.63, 3.8) is 0 Å². The van der Waals surface area contributed by atoms with Gasteiger partial charge in [-0.2, -0.15) is 10.1 Å². The van der Waals surface area contributed by atoms with Crippen molar-refractivity contribution in [1.82, 2.24) is 18.7 Å². The first-order valence-corrected chi connectivity index (χ1v) is 10.6. The molecular weight excluding hydrogens is 420 g/mol. The Morgan fingerprint density at radius 3 is 2.39 bits per heavy atom. The third kappa shape index (κ3) is 4.43. The maximum absolute atomic E-state index is 13.0. The summed E-state index contributed by atoms with van der Waals surface area (Å²) in [5.74, 6) is 1.16. The van der Waals surface area contributed by atoms with Gasteiger partial charge in [0.1, 0.15) is 5.75 Å². The van der Waals surface area contributed by atoms with Gasteiger partial charge in [0.2, 0.25) is 5.95 Å². The number of nitrogens with one attached hydrogen (secondary N) is 1. The molecule has 0 bridgehead atoms. The van der Waals surface area contributed by atoms with Gasteiger partial charge < -0.3 is 4.74 Å². The van der Waals surface area contributed by atoms with Crippen LogP contribution in [0.4, 0.5) is 5.95 Å². The Labute approximate surface area is 190 Å². The number of hydrogen-bond donors (Lipinski definition) is 1. The zero-order chi connectivity index (χ0) is 23.5. The first-order chi connectivity index (χ1) is 15.9. The summed E-state index contributed by atoms with van der Waals surface area (Å²) in [7, 11) is 3.06. The molecule has 9 heteroatoms. The minimum atomic E-state index is -0.433. The molecule has 2 aromatic carbocycles. The van der Waals surface area contributed by atoms with Crippen LogP contribution in [0, 0.1) is 6.92 Å². The smallest absolute Gasteiger partial charge is 0.332 e. The van der Waals surface area contributed by atoms with Crippen molar-refractivity contribution in [3.05, 3.63) is 86.1 Å². The minimum Gasteiger partial charge on any atom is -0.494 e. The highest BCUT2D eigenvalue weighted by atomic mass is 16.5. The average molecular weight is 447 g/mol. The van der Waals surface area contributed by atoms with E-state index in [4.69, 9.17) is 4.74 Å². The molecule has 0 saturated heterocycles. The standard InChI is InChI=1S/C24H26N6O3/c1-5-33-19-12-10-17(11-13-19)14-25-27-23-26-21-20(22(31)29(4)24(32)28(21)3)30(23)15-18-8-6-16(2)7-9-18/h6-14H,5,15H2,1-4H3,(H,26,27). The summed E-state index contributed by atoms with van der Waals surface area (Å²) >= 11 is 0. The van der Waals surface area contributed by atoms with Crippen LogP contribution < -0.4 is 21.4 Å². The average Bonchev–Trinajstić information content (AvgIpc) is 3.17. The van der Waals surface area contributed by atoms with Crippen LogP contribution in [0.25, 0.3) is 11.2 Å². The van der Waals surface area contributed by atoms with Crippen LogP contribution in [0.2, 0.25) is 0 Å². The second-order valence-corrected chi connectivity index (χ2v) is 7.76. The Kier molecular flexibility index (Phi) is 6.12. The Hall–Kier alpha value is -4.14. The molecule has 170 valence electrons. The summed E-state index contributed by atoms with van der Waals surface area (Å²) < 4.78 is 9.65. The van der Waals surface area contributed by atoms with Gasteiger partial charge >= 0.3 is 5.69 Å². The van der Waals surface area contributed by atoms with Crippen LogP contribution >= 0.6 is 0 Å². The van der Waals surface area contributed by atoms with Crippen LogP contribution in [0.1, 0.15) is 23.6 Å². The van der Waals surface area contributed by atoms with Crippen molar-refractivity contribution in [1.29, 1.82) is 0 Å². The third-order valence-electron chi connectivity index (χ3n) is 5.38. The van der Waals surface area contributed by atoms with E-state index in [-0.39, 0.29) is 0 Å². The van der Waals surface area contributed by atoms with Gasteiger partial charge in [0.25, 0.3) is 5.56 Å². The maximum Gasteiger partial charge on any atom is 0.332 e. The van der Waals surface area contributed by atoms with Crippen molar-refractivity contribution in [2.24, 2.45) is 19.2 Å². The van der Waals surface area contributed by atoms with Crippen molar-refractivity contribution in [2.45, 2.75) is 20.4 Å². The molecule has 1 N–H and O–H groups in total. The molecule has 0 aliphatic rings. The van der Waals surface area contributed by atoms with Gasteiger partial charge in [-0.25, -0.2) is 10.2 Å². The number of hydrazone groups is 1. The highest BCUT2D eigenvalue weighted by molar-refractivity contribution is 5.80. The number of imidazole rings is 1. The van der Waals surface area contributed by atoms with Gasteiger partial charge in [-0.1, -0.05) is 29.8 Å². The molecule has 0 amide bonds. The van der Waals surface area contributed by atoms with Gasteiger partial charge in [-0.15, -0.1) is 0 Å². The summed E-state index contributed by atoms with van der Waals surface area (Å²) in [6, 6.07) is 15.6. The van der Waals surface area contributed by atoms with Crippen LogP contribution in [-0.2, 0) is 20.6 Å². The van der Waals surface area contributed by atoms with E-state index in [1.807, 2.05) is 62.4 Å². The number of aromatic nitrogens is 4. The monoisotopic (exact) mass is 446 g/mol. The van der Waals surface area contributed by atoms with E-state index in [1.54, 1.807) is 17.8 Å². The van der Waals surface area contributed by atoms with E-state index >= 15 is 0 Å². The van der Waals surface area contributed by atoms with Crippen molar-refractivity contribution in [3.8, 4) is 5.75 Å². The summed E-state index contributed by atoms with van der Waals surface area (Å²) in [5, 5.41) is 4.31. The van der Waals surface area contributed by atoms with Crippen LogP contribution in [0.3, 0.4) is 0 Å². The SMILES string of the molecule is CCOc1ccc(C=NNc2nc3c(c(=O)n(C)c(=O)n3C)n2Cc2ccc(C)cc2)cc1. The largest absolute Gasteiger partial charge is 0.494 e. The van der Waals surface area contributed by atoms with E-state index in [0.29, 0.717) is 30.3 Å². The number of nitrogens with zero attached hydrogens (tertiary/aromatic N) is 5. The molecule has 4 rings (SSSR count). The van der Waals surface area contributed by atoms with E-state index in [2.05, 4.69) is 15.5 Å². The molecule has 0 unspecified atom stereocenters. The predicted octanol–water partition coefficient (Wildman–Crippen LogP) is 2.64. The normalized spacial score (nSPS) is 11.4. The van der Waals surface area contributed by atoms with Gasteiger partial charge in [-0.05, 0) is 49.2 Å².